The van der Waals surface area contributed by atoms with E-state index in [2.05, 4.69) is 15.2 Å². The lowest BCUT2D eigenvalue weighted by Crippen LogP contribution is -2.23. The molecular weight excluding hydrogens is 351 g/mol. The van der Waals surface area contributed by atoms with Crippen molar-refractivity contribution in [1.82, 2.24) is 9.78 Å². The maximum Gasteiger partial charge on any atom is 0.435 e. The van der Waals surface area contributed by atoms with Crippen molar-refractivity contribution in [2.45, 2.75) is 12.7 Å². The summed E-state index contributed by atoms with van der Waals surface area (Å²) < 4.78 is 42.6. The predicted molar refractivity (Wildman–Crippen MR) is 78.3 cm³/mol. The van der Waals surface area contributed by atoms with E-state index in [4.69, 9.17) is 11.6 Å². The summed E-state index contributed by atoms with van der Waals surface area (Å²) in [6.07, 6.45) is -3.60. The van der Waals surface area contributed by atoms with E-state index in [1.165, 1.54) is 0 Å². The highest BCUT2D eigenvalue weighted by Crippen LogP contribution is 2.27. The summed E-state index contributed by atoms with van der Waals surface area (Å²) in [6.45, 7) is -1.15. The molecule has 0 aliphatic rings. The van der Waals surface area contributed by atoms with Crippen LogP contribution >= 0.6 is 11.6 Å². The summed E-state index contributed by atoms with van der Waals surface area (Å²) >= 11 is 5.85. The average molecular weight is 362 g/mol. The van der Waals surface area contributed by atoms with Gasteiger partial charge in [-0.15, -0.1) is 0 Å². The van der Waals surface area contributed by atoms with Crippen molar-refractivity contribution in [2.24, 2.45) is 0 Å². The Morgan fingerprint density at radius 1 is 1.25 bits per heavy atom. The molecule has 1 aromatic heterocycles. The standard InChI is InChI=1S/C14H11ClF3N3O3/c15-9-3-1-2-4-10(9)19-12(22)8-24-13(23)7-21-6-5-11(20-21)14(16,17)18/h1-6H,7-8H2,(H,19,22). The van der Waals surface area contributed by atoms with Crippen LogP contribution in [0.4, 0.5) is 18.9 Å². The number of halogens is 4. The van der Waals surface area contributed by atoms with Crippen LogP contribution in [0.25, 0.3) is 0 Å². The number of nitrogens with zero attached hydrogens (tertiary/aromatic N) is 2. The van der Waals surface area contributed by atoms with E-state index in [1.807, 2.05) is 0 Å². The van der Waals surface area contributed by atoms with Crippen LogP contribution in [0.3, 0.4) is 0 Å². The molecule has 0 aliphatic carbocycles. The zero-order valence-corrected chi connectivity index (χ0v) is 12.8. The van der Waals surface area contributed by atoms with Crippen LogP contribution in [0.2, 0.25) is 5.02 Å². The van der Waals surface area contributed by atoms with Crippen LogP contribution in [0.1, 0.15) is 5.69 Å². The summed E-state index contributed by atoms with van der Waals surface area (Å²) in [5.74, 6) is -1.53. The van der Waals surface area contributed by atoms with Gasteiger partial charge in [0.05, 0.1) is 10.7 Å². The lowest BCUT2D eigenvalue weighted by atomic mass is 10.3. The molecule has 1 heterocycles. The van der Waals surface area contributed by atoms with Gasteiger partial charge < -0.3 is 10.1 Å². The summed E-state index contributed by atoms with van der Waals surface area (Å²) in [5.41, 5.74) is -0.770. The van der Waals surface area contributed by atoms with E-state index >= 15 is 0 Å². The second kappa shape index (κ2) is 7.35. The third-order valence-corrected chi connectivity index (χ3v) is 3.06. The van der Waals surface area contributed by atoms with Gasteiger partial charge in [0, 0.05) is 6.20 Å². The summed E-state index contributed by atoms with van der Waals surface area (Å²) in [5, 5.41) is 5.95. The van der Waals surface area contributed by atoms with Crippen LogP contribution in [-0.2, 0) is 27.0 Å². The Hall–Kier alpha value is -2.55. The molecule has 0 bridgehead atoms. The molecule has 1 N–H and O–H groups in total. The van der Waals surface area contributed by atoms with E-state index in [0.717, 1.165) is 16.9 Å². The molecule has 24 heavy (non-hydrogen) atoms. The smallest absolute Gasteiger partial charge is 0.435 e. The van der Waals surface area contributed by atoms with Gasteiger partial charge in [-0.3, -0.25) is 14.3 Å². The van der Waals surface area contributed by atoms with Gasteiger partial charge in [0.25, 0.3) is 5.91 Å². The SMILES string of the molecule is O=C(COC(=O)Cn1ccc(C(F)(F)F)n1)Nc1ccccc1Cl. The predicted octanol–water partition coefficient (Wildman–Crippen LogP) is 2.74. The number of para-hydroxylation sites is 1. The fraction of sp³-hybridized carbons (Fsp3) is 0.214. The van der Waals surface area contributed by atoms with Crippen molar-refractivity contribution in [3.63, 3.8) is 0 Å². The fourth-order valence-corrected chi connectivity index (χ4v) is 1.86. The van der Waals surface area contributed by atoms with Crippen LogP contribution in [0, 0.1) is 0 Å². The number of benzene rings is 1. The van der Waals surface area contributed by atoms with Gasteiger partial charge in [-0.2, -0.15) is 18.3 Å². The van der Waals surface area contributed by atoms with Gasteiger partial charge in [0.2, 0.25) is 0 Å². The zero-order valence-electron chi connectivity index (χ0n) is 12.0. The van der Waals surface area contributed by atoms with Crippen molar-refractivity contribution in [3.05, 3.63) is 47.2 Å². The number of rotatable bonds is 5. The number of alkyl halides is 3. The van der Waals surface area contributed by atoms with Crippen LogP contribution in [0.15, 0.2) is 36.5 Å². The maximum absolute atomic E-state index is 12.4. The number of carbonyl (C=O) groups excluding carboxylic acids is 2. The largest absolute Gasteiger partial charge is 0.454 e. The van der Waals surface area contributed by atoms with Crippen molar-refractivity contribution in [2.75, 3.05) is 11.9 Å². The van der Waals surface area contributed by atoms with Crippen LogP contribution in [0.5, 0.6) is 0 Å². The van der Waals surface area contributed by atoms with Crippen molar-refractivity contribution >= 4 is 29.2 Å². The molecule has 1 amide bonds. The third kappa shape index (κ3) is 4.98. The Labute approximate surface area is 139 Å². The van der Waals surface area contributed by atoms with Crippen molar-refractivity contribution in [1.29, 1.82) is 0 Å². The molecule has 0 saturated carbocycles. The zero-order chi connectivity index (χ0) is 17.7. The quantitative estimate of drug-likeness (QED) is 0.831. The Balaban J connectivity index is 1.82. The second-order valence-electron chi connectivity index (χ2n) is 4.59. The molecule has 0 fully saturated rings. The summed E-state index contributed by atoms with van der Waals surface area (Å²) in [6, 6.07) is 7.20. The third-order valence-electron chi connectivity index (χ3n) is 2.73. The van der Waals surface area contributed by atoms with E-state index in [-0.39, 0.29) is 0 Å². The lowest BCUT2D eigenvalue weighted by Gasteiger charge is -2.08. The first kappa shape index (κ1) is 17.8. The molecule has 128 valence electrons. The maximum atomic E-state index is 12.4. The van der Waals surface area contributed by atoms with Gasteiger partial charge in [-0.25, -0.2) is 0 Å². The summed E-state index contributed by atoms with van der Waals surface area (Å²) in [7, 11) is 0. The normalized spacial score (nSPS) is 11.2. The van der Waals surface area contributed by atoms with E-state index in [0.29, 0.717) is 10.7 Å². The van der Waals surface area contributed by atoms with Crippen LogP contribution < -0.4 is 5.32 Å². The molecular formula is C14H11ClF3N3O3. The number of aromatic nitrogens is 2. The number of esters is 1. The molecule has 10 heteroatoms. The van der Waals surface area contributed by atoms with E-state index in [9.17, 15) is 22.8 Å². The topological polar surface area (TPSA) is 73.2 Å². The summed E-state index contributed by atoms with van der Waals surface area (Å²) in [4.78, 5) is 23.2. The number of ether oxygens (including phenoxy) is 1. The monoisotopic (exact) mass is 361 g/mol. The minimum absolute atomic E-state index is 0.313. The highest BCUT2D eigenvalue weighted by atomic mass is 35.5. The number of hydrogen-bond acceptors (Lipinski definition) is 4. The molecule has 0 unspecified atom stereocenters. The van der Waals surface area contributed by atoms with Gasteiger partial charge in [-0.1, -0.05) is 23.7 Å². The molecule has 1 aromatic carbocycles. The Bertz CT molecular complexity index is 746. The second-order valence-corrected chi connectivity index (χ2v) is 4.99. The number of carbonyl (C=O) groups is 2. The molecule has 0 radical (unpaired) electrons. The fourth-order valence-electron chi connectivity index (χ4n) is 1.67. The molecule has 2 aromatic rings. The average Bonchev–Trinajstić information content (AvgIpc) is 2.96. The van der Waals surface area contributed by atoms with Crippen molar-refractivity contribution < 1.29 is 27.5 Å². The van der Waals surface area contributed by atoms with E-state index < -0.39 is 36.9 Å². The number of hydrogen-bond donors (Lipinski definition) is 1. The number of amides is 1. The van der Waals surface area contributed by atoms with Gasteiger partial charge in [0.1, 0.15) is 6.54 Å². The lowest BCUT2D eigenvalue weighted by molar-refractivity contribution is -0.148. The van der Waals surface area contributed by atoms with Gasteiger partial charge >= 0.3 is 12.1 Å². The Morgan fingerprint density at radius 2 is 1.96 bits per heavy atom. The molecule has 0 saturated heterocycles. The van der Waals surface area contributed by atoms with Gasteiger partial charge in [0.15, 0.2) is 12.3 Å². The first-order valence-electron chi connectivity index (χ1n) is 6.56. The first-order valence-corrected chi connectivity index (χ1v) is 6.94. The van der Waals surface area contributed by atoms with Crippen LogP contribution in [-0.4, -0.2) is 28.3 Å². The molecule has 2 rings (SSSR count). The minimum atomic E-state index is -4.59. The number of nitrogens with one attached hydrogen (secondary N) is 1. The Kier molecular flexibility index (Phi) is 5.45. The minimum Gasteiger partial charge on any atom is -0.454 e. The van der Waals surface area contributed by atoms with Gasteiger partial charge in [-0.05, 0) is 18.2 Å². The first-order chi connectivity index (χ1) is 11.3. The Morgan fingerprint density at radius 3 is 2.58 bits per heavy atom. The molecule has 0 spiro atoms. The van der Waals surface area contributed by atoms with E-state index in [1.54, 1.807) is 24.3 Å². The molecule has 6 nitrogen and oxygen atoms in total. The van der Waals surface area contributed by atoms with Crippen molar-refractivity contribution in [3.8, 4) is 0 Å². The highest BCUT2D eigenvalue weighted by Gasteiger charge is 2.33. The number of anilines is 1. The highest BCUT2D eigenvalue weighted by molar-refractivity contribution is 6.33. The molecule has 0 aliphatic heterocycles. The molecule has 0 atom stereocenters.